The van der Waals surface area contributed by atoms with Crippen LogP contribution in [0.25, 0.3) is 0 Å². The second-order valence-corrected chi connectivity index (χ2v) is 4.61. The van der Waals surface area contributed by atoms with E-state index >= 15 is 0 Å². The highest BCUT2D eigenvalue weighted by molar-refractivity contribution is 5.00. The van der Waals surface area contributed by atoms with E-state index in [0.29, 0.717) is 6.42 Å². The SMILES string of the molecule is CCCn1ccnc1CC(F)(CN)C(C)C. The van der Waals surface area contributed by atoms with Gasteiger partial charge in [-0.05, 0) is 12.3 Å². The van der Waals surface area contributed by atoms with E-state index in [2.05, 4.69) is 11.9 Å². The Bertz CT molecular complexity index is 322. The van der Waals surface area contributed by atoms with Gasteiger partial charge in [0, 0.05) is 31.9 Å². The van der Waals surface area contributed by atoms with Gasteiger partial charge in [-0.1, -0.05) is 20.8 Å². The molecule has 0 spiro atoms. The largest absolute Gasteiger partial charge is 0.335 e. The van der Waals surface area contributed by atoms with Crippen molar-refractivity contribution in [3.63, 3.8) is 0 Å². The number of aryl methyl sites for hydroxylation is 1. The van der Waals surface area contributed by atoms with E-state index in [4.69, 9.17) is 5.73 Å². The standard InChI is InChI=1S/C12H22FN3/c1-4-6-16-7-5-15-11(16)8-12(13,9-14)10(2)3/h5,7,10H,4,6,8-9,14H2,1-3H3. The molecule has 3 nitrogen and oxygen atoms in total. The zero-order chi connectivity index (χ0) is 12.2. The molecule has 92 valence electrons. The lowest BCUT2D eigenvalue weighted by Crippen LogP contribution is -2.41. The molecular formula is C12H22FN3. The Morgan fingerprint density at radius 2 is 2.25 bits per heavy atom. The number of aromatic nitrogens is 2. The molecule has 0 saturated carbocycles. The maximum atomic E-state index is 14.4. The number of alkyl halides is 1. The zero-order valence-corrected chi connectivity index (χ0v) is 10.4. The summed E-state index contributed by atoms with van der Waals surface area (Å²) in [5.41, 5.74) is 4.19. The third kappa shape index (κ3) is 2.82. The predicted molar refractivity (Wildman–Crippen MR) is 64.0 cm³/mol. The van der Waals surface area contributed by atoms with Crippen LogP contribution in [0.2, 0.25) is 0 Å². The smallest absolute Gasteiger partial charge is 0.132 e. The Labute approximate surface area is 96.9 Å². The number of nitrogens with two attached hydrogens (primary N) is 1. The first-order valence-corrected chi connectivity index (χ1v) is 5.92. The molecule has 0 fully saturated rings. The summed E-state index contributed by atoms with van der Waals surface area (Å²) in [5.74, 6) is 0.702. The van der Waals surface area contributed by atoms with Gasteiger partial charge in [-0.3, -0.25) is 0 Å². The summed E-state index contributed by atoms with van der Waals surface area (Å²) in [4.78, 5) is 4.22. The van der Waals surface area contributed by atoms with Gasteiger partial charge < -0.3 is 10.3 Å². The quantitative estimate of drug-likeness (QED) is 0.809. The third-order valence-corrected chi connectivity index (χ3v) is 3.09. The van der Waals surface area contributed by atoms with Crippen LogP contribution in [0.4, 0.5) is 4.39 Å². The Morgan fingerprint density at radius 1 is 1.56 bits per heavy atom. The Hall–Kier alpha value is -0.900. The summed E-state index contributed by atoms with van der Waals surface area (Å²) in [5, 5.41) is 0. The Morgan fingerprint density at radius 3 is 2.75 bits per heavy atom. The van der Waals surface area contributed by atoms with E-state index in [-0.39, 0.29) is 12.5 Å². The van der Waals surface area contributed by atoms with Crippen LogP contribution in [-0.4, -0.2) is 21.8 Å². The average Bonchev–Trinajstić information content (AvgIpc) is 2.66. The molecule has 1 rings (SSSR count). The topological polar surface area (TPSA) is 43.8 Å². The summed E-state index contributed by atoms with van der Waals surface area (Å²) in [6.07, 6.45) is 4.94. The van der Waals surface area contributed by atoms with Gasteiger partial charge in [0.25, 0.3) is 0 Å². The fraction of sp³-hybridized carbons (Fsp3) is 0.750. The molecule has 1 aromatic rings. The lowest BCUT2D eigenvalue weighted by atomic mass is 9.89. The van der Waals surface area contributed by atoms with Gasteiger partial charge in [0.15, 0.2) is 0 Å². The third-order valence-electron chi connectivity index (χ3n) is 3.09. The molecule has 4 heteroatoms. The first-order valence-electron chi connectivity index (χ1n) is 5.92. The van der Waals surface area contributed by atoms with Crippen molar-refractivity contribution in [3.05, 3.63) is 18.2 Å². The molecule has 0 aliphatic carbocycles. The molecular weight excluding hydrogens is 205 g/mol. The van der Waals surface area contributed by atoms with E-state index < -0.39 is 5.67 Å². The molecule has 1 heterocycles. The molecule has 2 N–H and O–H groups in total. The van der Waals surface area contributed by atoms with Crippen LogP contribution in [0.5, 0.6) is 0 Å². The highest BCUT2D eigenvalue weighted by Crippen LogP contribution is 2.25. The highest BCUT2D eigenvalue weighted by atomic mass is 19.1. The van der Waals surface area contributed by atoms with E-state index in [1.807, 2.05) is 24.6 Å². The number of hydrogen-bond acceptors (Lipinski definition) is 2. The number of halogens is 1. The van der Waals surface area contributed by atoms with Crippen LogP contribution in [0, 0.1) is 5.92 Å². The van der Waals surface area contributed by atoms with Crippen molar-refractivity contribution < 1.29 is 4.39 Å². The van der Waals surface area contributed by atoms with E-state index in [0.717, 1.165) is 18.8 Å². The normalized spacial score (nSPS) is 15.4. The molecule has 1 unspecified atom stereocenters. The molecule has 16 heavy (non-hydrogen) atoms. The second kappa shape index (κ2) is 5.43. The van der Waals surface area contributed by atoms with Gasteiger partial charge in [-0.15, -0.1) is 0 Å². The summed E-state index contributed by atoms with van der Waals surface area (Å²) < 4.78 is 16.5. The minimum Gasteiger partial charge on any atom is -0.335 e. The second-order valence-electron chi connectivity index (χ2n) is 4.61. The van der Waals surface area contributed by atoms with Crippen LogP contribution >= 0.6 is 0 Å². The van der Waals surface area contributed by atoms with Crippen LogP contribution in [0.1, 0.15) is 33.0 Å². The van der Waals surface area contributed by atoms with Crippen molar-refractivity contribution in [2.24, 2.45) is 11.7 Å². The van der Waals surface area contributed by atoms with Gasteiger partial charge in [-0.2, -0.15) is 0 Å². The maximum Gasteiger partial charge on any atom is 0.132 e. The van der Waals surface area contributed by atoms with Crippen LogP contribution in [-0.2, 0) is 13.0 Å². The number of nitrogens with zero attached hydrogens (tertiary/aromatic N) is 2. The maximum absolute atomic E-state index is 14.4. The van der Waals surface area contributed by atoms with Gasteiger partial charge in [0.05, 0.1) is 0 Å². The molecule has 0 aliphatic heterocycles. The molecule has 0 aliphatic rings. The van der Waals surface area contributed by atoms with E-state index in [1.54, 1.807) is 6.20 Å². The highest BCUT2D eigenvalue weighted by Gasteiger charge is 2.33. The first-order chi connectivity index (χ1) is 7.53. The summed E-state index contributed by atoms with van der Waals surface area (Å²) in [6.45, 7) is 6.75. The number of rotatable bonds is 6. The zero-order valence-electron chi connectivity index (χ0n) is 10.4. The number of hydrogen-bond donors (Lipinski definition) is 1. The molecule has 0 bridgehead atoms. The van der Waals surface area contributed by atoms with Crippen LogP contribution < -0.4 is 5.73 Å². The fourth-order valence-corrected chi connectivity index (χ4v) is 1.73. The van der Waals surface area contributed by atoms with Gasteiger partial charge >= 0.3 is 0 Å². The molecule has 1 atom stereocenters. The minimum atomic E-state index is -1.35. The van der Waals surface area contributed by atoms with E-state index in [1.165, 1.54) is 0 Å². The molecule has 1 aromatic heterocycles. The molecule has 0 saturated heterocycles. The molecule has 0 aromatic carbocycles. The van der Waals surface area contributed by atoms with Crippen molar-refractivity contribution >= 4 is 0 Å². The molecule has 0 radical (unpaired) electrons. The lowest BCUT2D eigenvalue weighted by Gasteiger charge is -2.27. The monoisotopic (exact) mass is 227 g/mol. The summed E-state index contributed by atoms with van der Waals surface area (Å²) >= 11 is 0. The van der Waals surface area contributed by atoms with Crippen molar-refractivity contribution in [2.75, 3.05) is 6.54 Å². The Balaban J connectivity index is 2.81. The van der Waals surface area contributed by atoms with Crippen LogP contribution in [0.3, 0.4) is 0 Å². The average molecular weight is 227 g/mol. The van der Waals surface area contributed by atoms with Crippen molar-refractivity contribution in [2.45, 2.75) is 45.8 Å². The van der Waals surface area contributed by atoms with Crippen molar-refractivity contribution in [3.8, 4) is 0 Å². The van der Waals surface area contributed by atoms with Crippen molar-refractivity contribution in [1.82, 2.24) is 9.55 Å². The summed E-state index contributed by atoms with van der Waals surface area (Å²) in [6, 6.07) is 0. The predicted octanol–water partition coefficient (Wildman–Crippen LogP) is 2.16. The lowest BCUT2D eigenvalue weighted by molar-refractivity contribution is 0.106. The fourth-order valence-electron chi connectivity index (χ4n) is 1.73. The van der Waals surface area contributed by atoms with Gasteiger partial charge in [0.1, 0.15) is 11.5 Å². The first kappa shape index (κ1) is 13.2. The van der Waals surface area contributed by atoms with Crippen LogP contribution in [0.15, 0.2) is 12.4 Å². The Kier molecular flexibility index (Phi) is 4.47. The summed E-state index contributed by atoms with van der Waals surface area (Å²) in [7, 11) is 0. The minimum absolute atomic E-state index is 0.0453. The van der Waals surface area contributed by atoms with Crippen molar-refractivity contribution in [1.29, 1.82) is 0 Å². The molecule has 0 amide bonds. The number of imidazole rings is 1. The van der Waals surface area contributed by atoms with Gasteiger partial charge in [0.2, 0.25) is 0 Å². The van der Waals surface area contributed by atoms with E-state index in [9.17, 15) is 4.39 Å². The van der Waals surface area contributed by atoms with Gasteiger partial charge in [-0.25, -0.2) is 9.37 Å².